The summed E-state index contributed by atoms with van der Waals surface area (Å²) in [5.74, 6) is -0.638. The van der Waals surface area contributed by atoms with Gasteiger partial charge in [0.1, 0.15) is 10.7 Å². The summed E-state index contributed by atoms with van der Waals surface area (Å²) in [6, 6.07) is 15.1. The van der Waals surface area contributed by atoms with Gasteiger partial charge in [0.2, 0.25) is 10.0 Å². The Labute approximate surface area is 187 Å². The zero-order chi connectivity index (χ0) is 22.9. The molecule has 32 heavy (non-hydrogen) atoms. The fourth-order valence-corrected chi connectivity index (χ4v) is 5.79. The number of hydrogen-bond donors (Lipinski definition) is 0. The van der Waals surface area contributed by atoms with Crippen LogP contribution in [0.3, 0.4) is 0 Å². The normalized spacial score (nSPS) is 15.2. The van der Waals surface area contributed by atoms with E-state index in [4.69, 9.17) is 0 Å². The van der Waals surface area contributed by atoms with E-state index in [1.165, 1.54) is 28.6 Å². The Kier molecular flexibility index (Phi) is 6.12. The molecule has 168 valence electrons. The van der Waals surface area contributed by atoms with Gasteiger partial charge in [0.25, 0.3) is 5.91 Å². The number of piperazine rings is 1. The minimum atomic E-state index is -3.75. The van der Waals surface area contributed by atoms with Crippen LogP contribution in [-0.4, -0.2) is 59.5 Å². The lowest BCUT2D eigenvalue weighted by molar-refractivity contribution is 0.0697. The first-order valence-electron chi connectivity index (χ1n) is 10.4. The van der Waals surface area contributed by atoms with Crippen molar-refractivity contribution in [2.75, 3.05) is 26.2 Å². The molecule has 3 aromatic rings. The summed E-state index contributed by atoms with van der Waals surface area (Å²) < 4.78 is 43.1. The van der Waals surface area contributed by atoms with Crippen molar-refractivity contribution in [3.63, 3.8) is 0 Å². The molecule has 0 radical (unpaired) electrons. The van der Waals surface area contributed by atoms with Gasteiger partial charge in [0.05, 0.1) is 17.9 Å². The molecule has 0 N–H and O–H groups in total. The highest BCUT2D eigenvalue weighted by Gasteiger charge is 2.34. The first-order chi connectivity index (χ1) is 15.3. The minimum Gasteiger partial charge on any atom is -0.336 e. The minimum absolute atomic E-state index is 0.192. The molecule has 1 aromatic heterocycles. The molecule has 1 saturated heterocycles. The van der Waals surface area contributed by atoms with Crippen molar-refractivity contribution in [1.29, 1.82) is 0 Å². The Morgan fingerprint density at radius 3 is 2.22 bits per heavy atom. The van der Waals surface area contributed by atoms with Crippen molar-refractivity contribution >= 4 is 15.9 Å². The van der Waals surface area contributed by atoms with Gasteiger partial charge < -0.3 is 4.90 Å². The quantitative estimate of drug-likeness (QED) is 0.592. The molecule has 1 fully saturated rings. The number of nitrogens with zero attached hydrogens (tertiary/aromatic N) is 4. The molecular weight excluding hydrogens is 431 g/mol. The van der Waals surface area contributed by atoms with E-state index in [2.05, 4.69) is 5.10 Å². The van der Waals surface area contributed by atoms with E-state index >= 15 is 0 Å². The number of benzene rings is 2. The van der Waals surface area contributed by atoms with Crippen molar-refractivity contribution in [1.82, 2.24) is 19.0 Å². The number of amides is 1. The predicted molar refractivity (Wildman–Crippen MR) is 118 cm³/mol. The second-order valence-corrected chi connectivity index (χ2v) is 9.72. The van der Waals surface area contributed by atoms with Crippen molar-refractivity contribution < 1.29 is 17.6 Å². The molecule has 2 aromatic carbocycles. The molecule has 2 heterocycles. The van der Waals surface area contributed by atoms with E-state index in [-0.39, 0.29) is 37.0 Å². The number of halogens is 1. The van der Waals surface area contributed by atoms with Crippen LogP contribution in [-0.2, 0) is 16.6 Å². The zero-order valence-electron chi connectivity index (χ0n) is 18.0. The van der Waals surface area contributed by atoms with Crippen LogP contribution in [0, 0.1) is 19.7 Å². The third-order valence-electron chi connectivity index (χ3n) is 5.71. The van der Waals surface area contributed by atoms with Gasteiger partial charge in [-0.2, -0.15) is 9.40 Å². The van der Waals surface area contributed by atoms with Crippen LogP contribution in [0.15, 0.2) is 59.5 Å². The average molecular weight is 457 g/mol. The van der Waals surface area contributed by atoms with Gasteiger partial charge in [0, 0.05) is 31.7 Å². The molecule has 0 atom stereocenters. The maximum atomic E-state index is 13.4. The van der Waals surface area contributed by atoms with Crippen molar-refractivity contribution in [2.24, 2.45) is 0 Å². The maximum Gasteiger partial charge on any atom is 0.253 e. The molecule has 4 rings (SSSR count). The lowest BCUT2D eigenvalue weighted by Crippen LogP contribution is -2.50. The topological polar surface area (TPSA) is 75.5 Å². The second-order valence-electron chi connectivity index (χ2n) is 7.85. The number of carbonyl (C=O) groups is 1. The third-order valence-corrected chi connectivity index (χ3v) is 7.86. The number of rotatable bonds is 5. The molecule has 0 unspecified atom stereocenters. The fraction of sp³-hybridized carbons (Fsp3) is 0.304. The van der Waals surface area contributed by atoms with Crippen molar-refractivity contribution in [2.45, 2.75) is 25.3 Å². The summed E-state index contributed by atoms with van der Waals surface area (Å²) in [6.45, 7) is 4.89. The fourth-order valence-electron chi connectivity index (χ4n) is 4.00. The van der Waals surface area contributed by atoms with E-state index in [0.29, 0.717) is 23.5 Å². The van der Waals surface area contributed by atoms with Crippen LogP contribution in [0.4, 0.5) is 4.39 Å². The maximum absolute atomic E-state index is 13.4. The Balaban J connectivity index is 1.49. The first kappa shape index (κ1) is 22.2. The summed E-state index contributed by atoms with van der Waals surface area (Å²) >= 11 is 0. The van der Waals surface area contributed by atoms with Gasteiger partial charge in [-0.15, -0.1) is 0 Å². The highest BCUT2D eigenvalue weighted by atomic mass is 32.2. The molecule has 1 aliphatic heterocycles. The highest BCUT2D eigenvalue weighted by molar-refractivity contribution is 7.89. The van der Waals surface area contributed by atoms with Gasteiger partial charge in [-0.05, 0) is 43.7 Å². The summed E-state index contributed by atoms with van der Waals surface area (Å²) in [4.78, 5) is 14.5. The SMILES string of the molecule is Cc1nn(Cc2ccccc2)c(C)c1S(=O)(=O)N1CCN(C(=O)c2ccc(F)cc2)CC1. The molecular formula is C23H25FN4O3S. The molecule has 0 bridgehead atoms. The summed E-state index contributed by atoms with van der Waals surface area (Å²) in [5.41, 5.74) is 2.48. The zero-order valence-corrected chi connectivity index (χ0v) is 18.8. The lowest BCUT2D eigenvalue weighted by Gasteiger charge is -2.34. The van der Waals surface area contributed by atoms with Crippen molar-refractivity contribution in [3.05, 3.63) is 82.9 Å². The largest absolute Gasteiger partial charge is 0.336 e. The summed E-state index contributed by atoms with van der Waals surface area (Å²) in [6.07, 6.45) is 0. The van der Waals surface area contributed by atoms with E-state index in [0.717, 1.165) is 5.56 Å². The molecule has 7 nitrogen and oxygen atoms in total. The van der Waals surface area contributed by atoms with Gasteiger partial charge >= 0.3 is 0 Å². The van der Waals surface area contributed by atoms with Gasteiger partial charge in [-0.25, -0.2) is 12.8 Å². The Hall–Kier alpha value is -3.04. The number of sulfonamides is 1. The standard InChI is InChI=1S/C23H25FN4O3S/c1-17-22(18(2)28(25-17)16-19-6-4-3-5-7-19)32(30,31)27-14-12-26(13-15-27)23(29)20-8-10-21(24)11-9-20/h3-11H,12-16H2,1-2H3. The molecule has 9 heteroatoms. The molecule has 0 saturated carbocycles. The number of aromatic nitrogens is 2. The first-order valence-corrected chi connectivity index (χ1v) is 11.8. The van der Waals surface area contributed by atoms with Crippen LogP contribution < -0.4 is 0 Å². The molecule has 1 aliphatic rings. The monoisotopic (exact) mass is 456 g/mol. The van der Waals surface area contributed by atoms with Gasteiger partial charge in [0.15, 0.2) is 0 Å². The van der Waals surface area contributed by atoms with Crippen LogP contribution in [0.5, 0.6) is 0 Å². The number of carbonyl (C=O) groups excluding carboxylic acids is 1. The van der Waals surface area contributed by atoms with E-state index in [1.54, 1.807) is 23.4 Å². The van der Waals surface area contributed by atoms with E-state index < -0.39 is 15.8 Å². The predicted octanol–water partition coefficient (Wildman–Crippen LogP) is 2.83. The van der Waals surface area contributed by atoms with Crippen LogP contribution in [0.2, 0.25) is 0 Å². The van der Waals surface area contributed by atoms with E-state index in [9.17, 15) is 17.6 Å². The number of hydrogen-bond acceptors (Lipinski definition) is 4. The smallest absolute Gasteiger partial charge is 0.253 e. The van der Waals surface area contributed by atoms with E-state index in [1.807, 2.05) is 30.3 Å². The Morgan fingerprint density at radius 2 is 1.59 bits per heavy atom. The Bertz CT molecular complexity index is 1220. The summed E-state index contributed by atoms with van der Waals surface area (Å²) in [5, 5.41) is 4.47. The van der Waals surface area contributed by atoms with Crippen LogP contribution in [0.25, 0.3) is 0 Å². The van der Waals surface area contributed by atoms with Gasteiger partial charge in [-0.3, -0.25) is 9.48 Å². The second kappa shape index (κ2) is 8.84. The number of aryl methyl sites for hydroxylation is 1. The lowest BCUT2D eigenvalue weighted by atomic mass is 10.2. The molecule has 1 amide bonds. The highest BCUT2D eigenvalue weighted by Crippen LogP contribution is 2.25. The third kappa shape index (κ3) is 4.31. The molecule has 0 spiro atoms. The summed E-state index contributed by atoms with van der Waals surface area (Å²) in [7, 11) is -3.75. The Morgan fingerprint density at radius 1 is 0.969 bits per heavy atom. The molecule has 0 aliphatic carbocycles. The van der Waals surface area contributed by atoms with Gasteiger partial charge in [-0.1, -0.05) is 30.3 Å². The van der Waals surface area contributed by atoms with Crippen LogP contribution >= 0.6 is 0 Å². The van der Waals surface area contributed by atoms with Crippen LogP contribution in [0.1, 0.15) is 27.3 Å². The van der Waals surface area contributed by atoms with Crippen molar-refractivity contribution in [3.8, 4) is 0 Å². The average Bonchev–Trinajstić information content (AvgIpc) is 3.08.